The first-order valence-corrected chi connectivity index (χ1v) is 7.15. The third-order valence-corrected chi connectivity index (χ3v) is 4.24. The molecule has 1 aliphatic rings. The zero-order chi connectivity index (χ0) is 14.3. The minimum Gasteiger partial charge on any atom is -0.301 e. The Morgan fingerprint density at radius 3 is 2.75 bits per heavy atom. The van der Waals surface area contributed by atoms with Crippen LogP contribution in [0, 0.1) is 12.7 Å². The van der Waals surface area contributed by atoms with E-state index in [0.717, 1.165) is 18.7 Å². The lowest BCUT2D eigenvalue weighted by molar-refractivity contribution is 0.295. The molecule has 0 N–H and O–H groups in total. The van der Waals surface area contributed by atoms with Crippen LogP contribution in [-0.4, -0.2) is 18.5 Å². The van der Waals surface area contributed by atoms with E-state index in [-0.39, 0.29) is 16.8 Å². The topological polar surface area (TPSA) is 3.24 Å². The minimum atomic E-state index is -0.358. The molecule has 3 heteroatoms. The Hall–Kier alpha value is -1.38. The van der Waals surface area contributed by atoms with Crippen LogP contribution in [0.15, 0.2) is 36.4 Å². The Labute approximate surface area is 124 Å². The quantitative estimate of drug-likeness (QED) is 0.754. The van der Waals surface area contributed by atoms with Crippen molar-refractivity contribution in [3.63, 3.8) is 0 Å². The van der Waals surface area contributed by atoms with E-state index in [9.17, 15) is 4.39 Å². The first-order valence-electron chi connectivity index (χ1n) is 6.77. The van der Waals surface area contributed by atoms with Gasteiger partial charge in [-0.3, -0.25) is 0 Å². The van der Waals surface area contributed by atoms with Gasteiger partial charge in [0.05, 0.1) is 5.02 Å². The SMILES string of the molecule is Cc1ccc2c(c1)CN(C)CC2c1ccc(F)c(Cl)c1. The maximum Gasteiger partial charge on any atom is 0.141 e. The third-order valence-electron chi connectivity index (χ3n) is 3.95. The fourth-order valence-electron chi connectivity index (χ4n) is 2.99. The van der Waals surface area contributed by atoms with Crippen LogP contribution in [0.4, 0.5) is 4.39 Å². The van der Waals surface area contributed by atoms with Gasteiger partial charge < -0.3 is 4.90 Å². The van der Waals surface area contributed by atoms with Gasteiger partial charge in [0.2, 0.25) is 0 Å². The van der Waals surface area contributed by atoms with Gasteiger partial charge in [-0.15, -0.1) is 0 Å². The molecule has 0 bridgehead atoms. The second-order valence-corrected chi connectivity index (χ2v) is 6.03. The number of hydrogen-bond acceptors (Lipinski definition) is 1. The van der Waals surface area contributed by atoms with Crippen molar-refractivity contribution in [3.05, 3.63) is 69.5 Å². The number of halogens is 2. The molecule has 0 amide bonds. The van der Waals surface area contributed by atoms with Crippen molar-refractivity contribution in [1.29, 1.82) is 0 Å². The molecule has 1 heterocycles. The average molecular weight is 290 g/mol. The molecule has 0 saturated heterocycles. The van der Waals surface area contributed by atoms with Gasteiger partial charge in [-0.25, -0.2) is 4.39 Å². The maximum absolute atomic E-state index is 13.3. The number of rotatable bonds is 1. The van der Waals surface area contributed by atoms with Crippen molar-refractivity contribution in [2.75, 3.05) is 13.6 Å². The Morgan fingerprint density at radius 2 is 2.00 bits per heavy atom. The summed E-state index contributed by atoms with van der Waals surface area (Å²) >= 11 is 5.93. The summed E-state index contributed by atoms with van der Waals surface area (Å²) in [5, 5.41) is 0.199. The van der Waals surface area contributed by atoms with Crippen LogP contribution in [-0.2, 0) is 6.54 Å². The van der Waals surface area contributed by atoms with Crippen LogP contribution in [0.2, 0.25) is 5.02 Å². The second kappa shape index (κ2) is 5.19. The summed E-state index contributed by atoms with van der Waals surface area (Å²) in [5.74, 6) is -0.105. The van der Waals surface area contributed by atoms with Gasteiger partial charge in [0.1, 0.15) is 5.82 Å². The van der Waals surface area contributed by atoms with Crippen molar-refractivity contribution in [2.24, 2.45) is 0 Å². The first kappa shape index (κ1) is 13.6. The summed E-state index contributed by atoms with van der Waals surface area (Å²) in [6.45, 7) is 4.00. The second-order valence-electron chi connectivity index (χ2n) is 5.63. The van der Waals surface area contributed by atoms with Crippen molar-refractivity contribution >= 4 is 11.6 Å². The number of aryl methyl sites for hydroxylation is 1. The highest BCUT2D eigenvalue weighted by Crippen LogP contribution is 2.34. The molecule has 1 atom stereocenters. The molecule has 2 aromatic rings. The lowest BCUT2D eigenvalue weighted by Gasteiger charge is -2.33. The molecule has 0 aliphatic carbocycles. The molecule has 0 fully saturated rings. The third kappa shape index (κ3) is 2.46. The molecule has 1 unspecified atom stereocenters. The zero-order valence-electron chi connectivity index (χ0n) is 11.7. The fourth-order valence-corrected chi connectivity index (χ4v) is 3.18. The predicted octanol–water partition coefficient (Wildman–Crippen LogP) is 4.36. The molecule has 0 radical (unpaired) electrons. The van der Waals surface area contributed by atoms with Gasteiger partial charge in [0, 0.05) is 19.0 Å². The van der Waals surface area contributed by atoms with Crippen molar-refractivity contribution in [1.82, 2.24) is 4.90 Å². The van der Waals surface area contributed by atoms with Crippen molar-refractivity contribution in [2.45, 2.75) is 19.4 Å². The van der Waals surface area contributed by atoms with Crippen LogP contribution < -0.4 is 0 Å². The summed E-state index contributed by atoms with van der Waals surface area (Å²) in [6.07, 6.45) is 0. The van der Waals surface area contributed by atoms with E-state index in [4.69, 9.17) is 11.6 Å². The molecule has 2 aromatic carbocycles. The predicted molar refractivity (Wildman–Crippen MR) is 80.8 cm³/mol. The summed E-state index contributed by atoms with van der Waals surface area (Å²) in [4.78, 5) is 2.30. The molecule has 0 spiro atoms. The first-order chi connectivity index (χ1) is 9.54. The van der Waals surface area contributed by atoms with E-state index in [1.165, 1.54) is 22.8 Å². The highest BCUT2D eigenvalue weighted by atomic mass is 35.5. The highest BCUT2D eigenvalue weighted by Gasteiger charge is 2.25. The van der Waals surface area contributed by atoms with Crippen LogP contribution in [0.1, 0.15) is 28.2 Å². The molecular weight excluding hydrogens is 273 g/mol. The summed E-state index contributed by atoms with van der Waals surface area (Å²) < 4.78 is 13.3. The lowest BCUT2D eigenvalue weighted by Crippen LogP contribution is -2.31. The zero-order valence-corrected chi connectivity index (χ0v) is 12.4. The standard InChI is InChI=1S/C17H17ClFN/c1-11-3-5-14-13(7-11)9-20(2)10-15(14)12-4-6-17(19)16(18)8-12/h3-8,15H,9-10H2,1-2H3. The van der Waals surface area contributed by atoms with E-state index < -0.39 is 0 Å². The monoisotopic (exact) mass is 289 g/mol. The largest absolute Gasteiger partial charge is 0.301 e. The number of nitrogens with zero attached hydrogens (tertiary/aromatic N) is 1. The van der Waals surface area contributed by atoms with E-state index in [1.807, 2.05) is 6.07 Å². The molecule has 0 aromatic heterocycles. The van der Waals surface area contributed by atoms with E-state index >= 15 is 0 Å². The smallest absolute Gasteiger partial charge is 0.141 e. The van der Waals surface area contributed by atoms with Crippen LogP contribution >= 0.6 is 11.6 Å². The van der Waals surface area contributed by atoms with Crippen LogP contribution in [0.25, 0.3) is 0 Å². The van der Waals surface area contributed by atoms with E-state index in [1.54, 1.807) is 6.07 Å². The average Bonchev–Trinajstić information content (AvgIpc) is 2.40. The van der Waals surface area contributed by atoms with Gasteiger partial charge >= 0.3 is 0 Å². The van der Waals surface area contributed by atoms with Gasteiger partial charge in [0.25, 0.3) is 0 Å². The fraction of sp³-hybridized carbons (Fsp3) is 0.294. The number of fused-ring (bicyclic) bond motifs is 1. The molecule has 1 nitrogen and oxygen atoms in total. The molecule has 3 rings (SSSR count). The number of hydrogen-bond donors (Lipinski definition) is 0. The van der Waals surface area contributed by atoms with Crippen LogP contribution in [0.5, 0.6) is 0 Å². The number of benzene rings is 2. The van der Waals surface area contributed by atoms with E-state index in [0.29, 0.717) is 0 Å². The Bertz CT molecular complexity index is 653. The van der Waals surface area contributed by atoms with Gasteiger partial charge in [-0.05, 0) is 42.8 Å². The molecule has 0 saturated carbocycles. The Balaban J connectivity index is 2.08. The summed E-state index contributed by atoms with van der Waals surface area (Å²) in [7, 11) is 2.11. The lowest BCUT2D eigenvalue weighted by atomic mass is 9.84. The van der Waals surface area contributed by atoms with Crippen molar-refractivity contribution in [3.8, 4) is 0 Å². The van der Waals surface area contributed by atoms with E-state index in [2.05, 4.69) is 37.1 Å². The van der Waals surface area contributed by atoms with Crippen molar-refractivity contribution < 1.29 is 4.39 Å². The van der Waals surface area contributed by atoms with Gasteiger partial charge in [0.15, 0.2) is 0 Å². The molecule has 104 valence electrons. The normalized spacial score (nSPS) is 18.9. The Morgan fingerprint density at radius 1 is 1.20 bits per heavy atom. The maximum atomic E-state index is 13.3. The highest BCUT2D eigenvalue weighted by molar-refractivity contribution is 6.30. The van der Waals surface area contributed by atoms with Gasteiger partial charge in [-0.2, -0.15) is 0 Å². The van der Waals surface area contributed by atoms with Crippen LogP contribution in [0.3, 0.4) is 0 Å². The Kier molecular flexibility index (Phi) is 3.53. The van der Waals surface area contributed by atoms with Gasteiger partial charge in [-0.1, -0.05) is 41.4 Å². The number of likely N-dealkylation sites (N-methyl/N-ethyl adjacent to an activating group) is 1. The molecular formula is C17H17ClFN. The molecule has 20 heavy (non-hydrogen) atoms. The summed E-state index contributed by atoms with van der Waals surface area (Å²) in [6, 6.07) is 11.6. The minimum absolute atomic E-state index is 0.199. The summed E-state index contributed by atoms with van der Waals surface area (Å²) in [5.41, 5.74) is 5.03. The molecule has 1 aliphatic heterocycles.